The topological polar surface area (TPSA) is 101 Å². The monoisotopic (exact) mass is 491 g/mol. The molecule has 4 rings (SSSR count). The summed E-state index contributed by atoms with van der Waals surface area (Å²) in [6, 6.07) is 12.7. The number of fused-ring (bicyclic) bond motifs is 1. The predicted octanol–water partition coefficient (Wildman–Crippen LogP) is 5.17. The Kier molecular flexibility index (Phi) is 6.28. The lowest BCUT2D eigenvalue weighted by atomic mass is 9.93. The zero-order valence-corrected chi connectivity index (χ0v) is 19.3. The van der Waals surface area contributed by atoms with Crippen LogP contribution in [0.4, 0.5) is 5.69 Å². The van der Waals surface area contributed by atoms with E-state index in [1.807, 2.05) is 0 Å². The van der Waals surface area contributed by atoms with Crippen molar-refractivity contribution in [1.82, 2.24) is 4.83 Å². The van der Waals surface area contributed by atoms with Crippen molar-refractivity contribution < 1.29 is 17.6 Å². The molecule has 32 heavy (non-hydrogen) atoms. The van der Waals surface area contributed by atoms with Crippen molar-refractivity contribution in [2.45, 2.75) is 31.1 Å². The van der Waals surface area contributed by atoms with E-state index in [9.17, 15) is 13.2 Å². The Morgan fingerprint density at radius 2 is 1.84 bits per heavy atom. The highest BCUT2D eigenvalue weighted by molar-refractivity contribution is 7.89. The lowest BCUT2D eigenvalue weighted by Gasteiger charge is -2.14. The molecule has 0 spiro atoms. The molecule has 166 valence electrons. The van der Waals surface area contributed by atoms with Crippen molar-refractivity contribution in [1.29, 1.82) is 0 Å². The molecule has 0 radical (unpaired) electrons. The molecule has 1 amide bonds. The van der Waals surface area contributed by atoms with Crippen LogP contribution in [0.25, 0.3) is 0 Å². The molecule has 0 atom stereocenters. The number of carbonyl (C=O) groups is 1. The van der Waals surface area contributed by atoms with Gasteiger partial charge in [0.15, 0.2) is 5.76 Å². The second kappa shape index (κ2) is 8.97. The third kappa shape index (κ3) is 4.53. The van der Waals surface area contributed by atoms with Gasteiger partial charge in [-0.15, -0.1) is 0 Å². The molecule has 7 nitrogen and oxygen atoms in total. The second-order valence-electron chi connectivity index (χ2n) is 7.25. The van der Waals surface area contributed by atoms with Crippen molar-refractivity contribution in [2.24, 2.45) is 5.10 Å². The van der Waals surface area contributed by atoms with Gasteiger partial charge in [-0.2, -0.15) is 18.4 Å². The van der Waals surface area contributed by atoms with Crippen molar-refractivity contribution in [3.8, 4) is 0 Å². The molecule has 10 heteroatoms. The fourth-order valence-corrected chi connectivity index (χ4v) is 4.84. The largest absolute Gasteiger partial charge is 0.455 e. The van der Waals surface area contributed by atoms with Crippen molar-refractivity contribution >= 4 is 50.5 Å². The Bertz CT molecular complexity index is 1320. The predicted molar refractivity (Wildman–Crippen MR) is 124 cm³/mol. The molecule has 0 bridgehead atoms. The van der Waals surface area contributed by atoms with E-state index in [1.165, 1.54) is 18.2 Å². The number of sulfonamides is 1. The number of benzene rings is 2. The summed E-state index contributed by atoms with van der Waals surface area (Å²) in [5.74, 6) is 0.255. The summed E-state index contributed by atoms with van der Waals surface area (Å²) in [4.78, 5) is 15.3. The average Bonchev–Trinajstić information content (AvgIpc) is 3.12. The van der Waals surface area contributed by atoms with Gasteiger partial charge in [0.05, 0.1) is 21.3 Å². The molecule has 1 aromatic heterocycles. The number of aryl methyl sites for hydroxylation is 1. The number of nitrogens with one attached hydrogen (secondary N) is 2. The van der Waals surface area contributed by atoms with Gasteiger partial charge in [-0.05, 0) is 50.1 Å². The van der Waals surface area contributed by atoms with E-state index in [1.54, 1.807) is 37.3 Å². The summed E-state index contributed by atoms with van der Waals surface area (Å²) >= 11 is 12.0. The van der Waals surface area contributed by atoms with E-state index in [4.69, 9.17) is 27.6 Å². The maximum Gasteiger partial charge on any atom is 0.291 e. The number of halogens is 2. The van der Waals surface area contributed by atoms with Gasteiger partial charge >= 0.3 is 0 Å². The second-order valence-corrected chi connectivity index (χ2v) is 9.76. The third-order valence-electron chi connectivity index (χ3n) is 5.07. The van der Waals surface area contributed by atoms with Gasteiger partial charge in [0.1, 0.15) is 5.76 Å². The van der Waals surface area contributed by atoms with Gasteiger partial charge in [0.25, 0.3) is 15.9 Å². The molecule has 0 saturated carbocycles. The highest BCUT2D eigenvalue weighted by Crippen LogP contribution is 2.31. The van der Waals surface area contributed by atoms with E-state index in [0.717, 1.165) is 6.42 Å². The van der Waals surface area contributed by atoms with E-state index >= 15 is 0 Å². The van der Waals surface area contributed by atoms with Crippen LogP contribution >= 0.6 is 23.2 Å². The first-order chi connectivity index (χ1) is 15.3. The lowest BCUT2D eigenvalue weighted by Crippen LogP contribution is -2.22. The van der Waals surface area contributed by atoms with Crippen molar-refractivity contribution in [3.05, 3.63) is 81.2 Å². The fourth-order valence-electron chi connectivity index (χ4n) is 3.53. The average molecular weight is 492 g/mol. The Balaban J connectivity index is 1.61. The zero-order valence-electron chi connectivity index (χ0n) is 17.0. The molecule has 2 N–H and O–H groups in total. The quantitative estimate of drug-likeness (QED) is 0.480. The van der Waals surface area contributed by atoms with Crippen molar-refractivity contribution in [3.63, 3.8) is 0 Å². The number of hydrazone groups is 1. The minimum absolute atomic E-state index is 0.115. The number of anilines is 1. The van der Waals surface area contributed by atoms with Crippen LogP contribution in [0.3, 0.4) is 0 Å². The maximum absolute atomic E-state index is 12.9. The number of hydrogen-bond donors (Lipinski definition) is 2. The van der Waals surface area contributed by atoms with Gasteiger partial charge in [-0.3, -0.25) is 4.79 Å². The lowest BCUT2D eigenvalue weighted by molar-refractivity contribution is 0.0994. The van der Waals surface area contributed by atoms with Crippen LogP contribution in [0, 0.1) is 6.92 Å². The van der Waals surface area contributed by atoms with Crippen LogP contribution in [-0.2, 0) is 16.4 Å². The summed E-state index contributed by atoms with van der Waals surface area (Å²) in [6.45, 7) is 1.74. The smallest absolute Gasteiger partial charge is 0.291 e. The normalized spacial score (nSPS) is 14.8. The van der Waals surface area contributed by atoms with Crippen molar-refractivity contribution in [2.75, 3.05) is 5.32 Å². The molecule has 1 heterocycles. The zero-order chi connectivity index (χ0) is 22.9. The molecule has 0 aliphatic heterocycles. The van der Waals surface area contributed by atoms with Gasteiger partial charge in [-0.25, -0.2) is 0 Å². The molecular formula is C22H19Cl2N3O4S. The van der Waals surface area contributed by atoms with Crippen LogP contribution < -0.4 is 10.1 Å². The summed E-state index contributed by atoms with van der Waals surface area (Å²) < 4.78 is 30.9. The Labute approximate surface area is 195 Å². The van der Waals surface area contributed by atoms with Gasteiger partial charge < -0.3 is 9.73 Å². The van der Waals surface area contributed by atoms with E-state index in [2.05, 4.69) is 15.2 Å². The van der Waals surface area contributed by atoms with Crippen LogP contribution in [-0.4, -0.2) is 20.0 Å². The highest BCUT2D eigenvalue weighted by Gasteiger charge is 2.28. The number of carbonyl (C=O) groups excluding carboxylic acids is 1. The minimum Gasteiger partial charge on any atom is -0.455 e. The van der Waals surface area contributed by atoms with E-state index < -0.39 is 15.9 Å². The molecular weight excluding hydrogens is 473 g/mol. The fraction of sp³-hybridized carbons (Fsp3) is 0.182. The number of furan rings is 1. The molecule has 1 aliphatic rings. The first kappa shape index (κ1) is 22.4. The van der Waals surface area contributed by atoms with Crippen LogP contribution in [0.15, 0.2) is 62.9 Å². The SMILES string of the molecule is Cc1c(C(=O)Nc2ccc(Cl)cc2Cl)oc2c1/C(=N/NS(=O)(=O)c1ccccc1)CCC2. The molecule has 2 aromatic carbocycles. The van der Waals surface area contributed by atoms with Crippen LogP contribution in [0.1, 0.15) is 40.3 Å². The Hall–Kier alpha value is -2.81. The van der Waals surface area contributed by atoms with Gasteiger partial charge in [-0.1, -0.05) is 41.4 Å². The molecule has 0 fully saturated rings. The first-order valence-electron chi connectivity index (χ1n) is 9.78. The molecule has 0 saturated heterocycles. The van der Waals surface area contributed by atoms with Crippen LogP contribution in [0.2, 0.25) is 10.0 Å². The van der Waals surface area contributed by atoms with Crippen LogP contribution in [0.5, 0.6) is 0 Å². The Morgan fingerprint density at radius 3 is 2.56 bits per heavy atom. The van der Waals surface area contributed by atoms with Gasteiger partial charge in [0, 0.05) is 22.6 Å². The minimum atomic E-state index is -3.81. The molecule has 0 unspecified atom stereocenters. The molecule has 3 aromatic rings. The summed E-state index contributed by atoms with van der Waals surface area (Å²) in [5.41, 5.74) is 2.16. The van der Waals surface area contributed by atoms with E-state index in [-0.39, 0.29) is 10.7 Å². The maximum atomic E-state index is 12.9. The standard InChI is InChI=1S/C22H19Cl2N3O4S/c1-13-20-18(26-27-32(29,30)15-6-3-2-4-7-15)8-5-9-19(20)31-21(13)22(28)25-17-11-10-14(23)12-16(17)24/h2-4,6-7,10-12,27H,5,8-9H2,1H3,(H,25,28)/b26-18+. The third-order valence-corrected chi connectivity index (χ3v) is 6.84. The number of rotatable bonds is 5. The summed E-state index contributed by atoms with van der Waals surface area (Å²) in [5, 5.41) is 7.64. The summed E-state index contributed by atoms with van der Waals surface area (Å²) in [7, 11) is -3.81. The number of amides is 1. The van der Waals surface area contributed by atoms with Gasteiger partial charge in [0.2, 0.25) is 0 Å². The van der Waals surface area contributed by atoms with E-state index in [0.29, 0.717) is 51.2 Å². The first-order valence-corrected chi connectivity index (χ1v) is 12.0. The Morgan fingerprint density at radius 1 is 1.09 bits per heavy atom. The molecule has 1 aliphatic carbocycles. The summed E-state index contributed by atoms with van der Waals surface area (Å²) in [6.07, 6.45) is 1.89. The highest BCUT2D eigenvalue weighted by atomic mass is 35.5. The number of nitrogens with zero attached hydrogens (tertiary/aromatic N) is 1. The number of hydrogen-bond acceptors (Lipinski definition) is 5.